The number of anilines is 4. The number of thiocarbonyl (C=S) groups is 1. The van der Waals surface area contributed by atoms with E-state index < -0.39 is 0 Å². The van der Waals surface area contributed by atoms with E-state index in [0.717, 1.165) is 76.3 Å². The summed E-state index contributed by atoms with van der Waals surface area (Å²) in [5.74, 6) is 0.708. The Morgan fingerprint density at radius 2 is 1.79 bits per heavy atom. The van der Waals surface area contributed by atoms with Crippen molar-refractivity contribution in [1.82, 2.24) is 19.4 Å². The molecule has 1 amide bonds. The van der Waals surface area contributed by atoms with Gasteiger partial charge in [0.05, 0.1) is 37.7 Å². The van der Waals surface area contributed by atoms with Crippen molar-refractivity contribution in [1.29, 1.82) is 0 Å². The number of aliphatic hydroxyl groups is 1. The second-order valence-corrected chi connectivity index (χ2v) is 13.2. The van der Waals surface area contributed by atoms with Gasteiger partial charge in [-0.05, 0) is 67.5 Å². The van der Waals surface area contributed by atoms with E-state index in [0.29, 0.717) is 57.9 Å². The zero-order valence-electron chi connectivity index (χ0n) is 26.8. The molecule has 7 rings (SSSR count). The lowest BCUT2D eigenvalue weighted by Gasteiger charge is -2.43. The molecule has 1 saturated carbocycles. The van der Waals surface area contributed by atoms with Crippen LogP contribution in [0.2, 0.25) is 0 Å². The average molecular weight is 656 g/mol. The SMILES string of the molecule is Cn1cc(-c2ccnc(N3CCC(=C4CCCCC4)C(=S)C3=O)c2CO)cc(Nc2ccc(N3CCN(C4COC4)CC3)cn2)c1=O. The number of nitrogens with zero attached hydrogens (tertiary/aromatic N) is 6. The normalized spacial score (nSPS) is 19.7. The van der Waals surface area contributed by atoms with Gasteiger partial charge in [0.1, 0.15) is 22.2 Å². The summed E-state index contributed by atoms with van der Waals surface area (Å²) in [7, 11) is 1.69. The number of rotatable bonds is 7. The van der Waals surface area contributed by atoms with Gasteiger partial charge in [-0.25, -0.2) is 9.97 Å². The minimum absolute atomic E-state index is 0.213. The van der Waals surface area contributed by atoms with Crippen molar-refractivity contribution in [3.63, 3.8) is 0 Å². The van der Waals surface area contributed by atoms with Crippen molar-refractivity contribution in [3.05, 3.63) is 69.9 Å². The molecule has 0 spiro atoms. The smallest absolute Gasteiger partial charge is 0.274 e. The Bertz CT molecular complexity index is 1750. The number of ether oxygens (including phenoxy) is 1. The summed E-state index contributed by atoms with van der Waals surface area (Å²) in [6.45, 7) is 5.65. The second kappa shape index (κ2) is 13.6. The van der Waals surface area contributed by atoms with Crippen LogP contribution in [0, 0.1) is 0 Å². The molecule has 0 radical (unpaired) electrons. The zero-order valence-corrected chi connectivity index (χ0v) is 27.6. The lowest BCUT2D eigenvalue weighted by molar-refractivity contribution is -0.112. The Kier molecular flexibility index (Phi) is 9.17. The van der Waals surface area contributed by atoms with E-state index >= 15 is 0 Å². The van der Waals surface area contributed by atoms with Crippen LogP contribution in [-0.4, -0.2) is 87.3 Å². The van der Waals surface area contributed by atoms with Crippen molar-refractivity contribution >= 4 is 46.0 Å². The summed E-state index contributed by atoms with van der Waals surface area (Å²) in [6.07, 6.45) is 11.4. The van der Waals surface area contributed by atoms with Gasteiger partial charge >= 0.3 is 0 Å². The van der Waals surface area contributed by atoms with E-state index in [1.54, 1.807) is 36.5 Å². The van der Waals surface area contributed by atoms with Crippen LogP contribution in [0.25, 0.3) is 11.1 Å². The topological polar surface area (TPSA) is 116 Å². The molecule has 2 N–H and O–H groups in total. The number of aryl methyl sites for hydroxylation is 1. The van der Waals surface area contributed by atoms with E-state index in [1.165, 1.54) is 16.6 Å². The van der Waals surface area contributed by atoms with Gasteiger partial charge in [0.2, 0.25) is 0 Å². The Balaban J connectivity index is 1.10. The molecule has 1 aliphatic carbocycles. The number of nitrogens with one attached hydrogen (secondary N) is 1. The van der Waals surface area contributed by atoms with E-state index in [2.05, 4.69) is 25.1 Å². The summed E-state index contributed by atoms with van der Waals surface area (Å²) in [6, 6.07) is 8.02. The summed E-state index contributed by atoms with van der Waals surface area (Å²) >= 11 is 5.69. The summed E-state index contributed by atoms with van der Waals surface area (Å²) in [5.41, 5.74) is 5.43. The van der Waals surface area contributed by atoms with Gasteiger partial charge in [-0.3, -0.25) is 19.4 Å². The van der Waals surface area contributed by atoms with Crippen LogP contribution in [-0.2, 0) is 23.2 Å². The van der Waals surface area contributed by atoms with Gasteiger partial charge in [0.25, 0.3) is 11.5 Å². The fraction of sp³-hybridized carbons (Fsp3) is 0.457. The number of carbonyl (C=O) groups excluding carboxylic acids is 1. The third-order valence-corrected chi connectivity index (χ3v) is 10.4. The van der Waals surface area contributed by atoms with Crippen molar-refractivity contribution in [2.45, 2.75) is 51.2 Å². The maximum Gasteiger partial charge on any atom is 0.274 e. The van der Waals surface area contributed by atoms with Gasteiger partial charge in [-0.2, -0.15) is 0 Å². The fourth-order valence-electron chi connectivity index (χ4n) is 7.16. The van der Waals surface area contributed by atoms with E-state index in [4.69, 9.17) is 17.0 Å². The maximum absolute atomic E-state index is 13.6. The van der Waals surface area contributed by atoms with Gasteiger partial charge in [-0.15, -0.1) is 0 Å². The monoisotopic (exact) mass is 655 g/mol. The van der Waals surface area contributed by atoms with E-state index in [9.17, 15) is 14.7 Å². The summed E-state index contributed by atoms with van der Waals surface area (Å²) < 4.78 is 6.85. The van der Waals surface area contributed by atoms with Gasteiger partial charge < -0.3 is 24.6 Å². The van der Waals surface area contributed by atoms with Crippen LogP contribution in [0.1, 0.15) is 44.1 Å². The number of aromatic nitrogens is 3. The molecular formula is C35H41N7O4S. The number of hydrogen-bond acceptors (Lipinski definition) is 10. The largest absolute Gasteiger partial charge is 0.392 e. The number of carbonyl (C=O) groups is 1. The van der Waals surface area contributed by atoms with Crippen LogP contribution < -0.4 is 20.7 Å². The molecule has 3 saturated heterocycles. The average Bonchev–Trinajstić information content (AvgIpc) is 3.08. The van der Waals surface area contributed by atoms with Crippen molar-refractivity contribution in [2.24, 2.45) is 7.05 Å². The molecule has 0 aromatic carbocycles. The van der Waals surface area contributed by atoms with Crippen LogP contribution in [0.5, 0.6) is 0 Å². The molecule has 11 nitrogen and oxygen atoms in total. The number of pyridine rings is 3. The van der Waals surface area contributed by atoms with Crippen LogP contribution in [0.3, 0.4) is 0 Å². The third kappa shape index (κ3) is 6.34. The number of piperazine rings is 1. The highest BCUT2D eigenvalue weighted by molar-refractivity contribution is 7.82. The first-order chi connectivity index (χ1) is 22.9. The first kappa shape index (κ1) is 31.6. The minimum atomic E-state index is -0.333. The Labute approximate surface area is 279 Å². The lowest BCUT2D eigenvalue weighted by atomic mass is 9.87. The number of hydrogen-bond donors (Lipinski definition) is 2. The lowest BCUT2D eigenvalue weighted by Crippen LogP contribution is -2.56. The molecule has 47 heavy (non-hydrogen) atoms. The number of allylic oxidation sites excluding steroid dienone is 1. The van der Waals surface area contributed by atoms with Crippen molar-refractivity contribution < 1.29 is 14.6 Å². The number of piperidine rings is 1. The highest BCUT2D eigenvalue weighted by Gasteiger charge is 2.33. The standard InChI is InChI=1S/C35H41N7O4S/c1-39-19-24(17-30(34(39)44)38-31-8-7-25(18-37-31)40-13-15-41(16-14-40)26-21-46-22-26)27-9-11-36-33(29(27)20-43)42-12-10-28(32(47)35(42)45)23-5-3-2-4-6-23/h7-9,11,17-19,26,43H,2-6,10,12-16,20-22H2,1H3,(H,37,38). The molecule has 0 bridgehead atoms. The molecule has 4 fully saturated rings. The van der Waals surface area contributed by atoms with E-state index in [1.807, 2.05) is 18.3 Å². The minimum Gasteiger partial charge on any atom is -0.392 e. The molecule has 3 aliphatic heterocycles. The number of aliphatic hydroxyl groups excluding tert-OH is 1. The molecular weight excluding hydrogens is 614 g/mol. The van der Waals surface area contributed by atoms with Gasteiger partial charge in [0, 0.05) is 63.3 Å². The quantitative estimate of drug-likeness (QED) is 0.286. The second-order valence-electron chi connectivity index (χ2n) is 12.8. The first-order valence-electron chi connectivity index (χ1n) is 16.6. The summed E-state index contributed by atoms with van der Waals surface area (Å²) in [5, 5.41) is 13.8. The van der Waals surface area contributed by atoms with Gasteiger partial charge in [0.15, 0.2) is 0 Å². The highest BCUT2D eigenvalue weighted by atomic mass is 32.1. The molecule has 12 heteroatoms. The zero-order chi connectivity index (χ0) is 32.5. The molecule has 3 aromatic rings. The molecule has 4 aliphatic rings. The van der Waals surface area contributed by atoms with Crippen molar-refractivity contribution in [2.75, 3.05) is 61.1 Å². The van der Waals surface area contributed by atoms with Gasteiger partial charge in [-0.1, -0.05) is 24.2 Å². The Morgan fingerprint density at radius 3 is 2.47 bits per heavy atom. The number of amides is 1. The Morgan fingerprint density at radius 1 is 1.00 bits per heavy atom. The summed E-state index contributed by atoms with van der Waals surface area (Å²) in [4.78, 5) is 42.7. The molecule has 0 unspecified atom stereocenters. The third-order valence-electron chi connectivity index (χ3n) is 9.95. The maximum atomic E-state index is 13.6. The van der Waals surface area contributed by atoms with E-state index in [-0.39, 0.29) is 18.1 Å². The molecule has 0 atom stereocenters. The van der Waals surface area contributed by atoms with Crippen molar-refractivity contribution in [3.8, 4) is 11.1 Å². The van der Waals surface area contributed by atoms with Crippen LogP contribution in [0.4, 0.5) is 23.0 Å². The first-order valence-corrected chi connectivity index (χ1v) is 17.0. The molecule has 246 valence electrons. The highest BCUT2D eigenvalue weighted by Crippen LogP contribution is 2.35. The van der Waals surface area contributed by atoms with Crippen LogP contribution in [0.15, 0.2) is 58.8 Å². The fourth-order valence-corrected chi connectivity index (χ4v) is 7.52. The molecule has 3 aromatic heterocycles. The Hall–Kier alpha value is -3.97. The predicted molar refractivity (Wildman–Crippen MR) is 186 cm³/mol. The van der Waals surface area contributed by atoms with Crippen LogP contribution >= 0.6 is 12.2 Å². The predicted octanol–water partition coefficient (Wildman–Crippen LogP) is 3.97. The molecule has 6 heterocycles.